The molecule has 0 aliphatic heterocycles. The summed E-state index contributed by atoms with van der Waals surface area (Å²) in [6.45, 7) is 2.30. The Morgan fingerprint density at radius 1 is 0.967 bits per heavy atom. The van der Waals surface area contributed by atoms with Crippen LogP contribution in [0.3, 0.4) is 0 Å². The average molecular weight is 423 g/mol. The normalized spacial score (nSPS) is 11.6. The molecule has 1 unspecified atom stereocenters. The van der Waals surface area contributed by atoms with Crippen molar-refractivity contribution in [2.75, 3.05) is 6.54 Å². The van der Waals surface area contributed by atoms with E-state index in [1.807, 2.05) is 0 Å². The van der Waals surface area contributed by atoms with Gasteiger partial charge in [0, 0.05) is 18.6 Å². The monoisotopic (exact) mass is 422 g/mol. The number of hydrogen-bond donors (Lipinski definition) is 0. The number of carbonyl (C=O) groups is 1. The van der Waals surface area contributed by atoms with Crippen LogP contribution >= 0.6 is 0 Å². The van der Waals surface area contributed by atoms with E-state index < -0.39 is 17.2 Å². The first kappa shape index (κ1) is 25.5. The quantitative estimate of drug-likeness (QED) is 0.0671. The van der Waals surface area contributed by atoms with Crippen molar-refractivity contribution < 1.29 is 19.2 Å². The van der Waals surface area contributed by atoms with Gasteiger partial charge in [-0.05, 0) is 25.0 Å². The Bertz CT molecular complexity index is 621. The van der Waals surface area contributed by atoms with Crippen molar-refractivity contribution in [2.45, 2.75) is 90.1 Å². The van der Waals surface area contributed by atoms with E-state index in [4.69, 9.17) is 9.47 Å². The fourth-order valence-electron chi connectivity index (χ4n) is 3.21. The highest BCUT2D eigenvalue weighted by molar-refractivity contribution is 5.64. The molecule has 0 radical (unpaired) electrons. The Labute approximate surface area is 178 Å². The molecular formula is C22H34N2O6. The number of nitroso groups, excluding NO2 is 1. The number of benzene rings is 1. The number of rotatable bonds is 17. The predicted molar refractivity (Wildman–Crippen MR) is 116 cm³/mol. The first-order valence-electron chi connectivity index (χ1n) is 11.0. The highest BCUT2D eigenvalue weighted by atomic mass is 16.7. The van der Waals surface area contributed by atoms with Crippen LogP contribution < -0.4 is 4.74 Å². The van der Waals surface area contributed by atoms with Crippen LogP contribution in [0.2, 0.25) is 0 Å². The predicted octanol–water partition coefficient (Wildman–Crippen LogP) is 6.95. The van der Waals surface area contributed by atoms with E-state index in [1.165, 1.54) is 69.2 Å². The zero-order valence-corrected chi connectivity index (χ0v) is 17.9. The second-order valence-electron chi connectivity index (χ2n) is 7.45. The van der Waals surface area contributed by atoms with Crippen molar-refractivity contribution in [3.63, 3.8) is 0 Å². The Morgan fingerprint density at radius 3 is 2.07 bits per heavy atom. The van der Waals surface area contributed by atoms with Gasteiger partial charge in [-0.1, -0.05) is 69.9 Å². The van der Waals surface area contributed by atoms with Gasteiger partial charge in [0.05, 0.1) is 11.5 Å². The summed E-state index contributed by atoms with van der Waals surface area (Å²) in [5.74, 6) is 0.164. The van der Waals surface area contributed by atoms with Crippen molar-refractivity contribution in [1.29, 1.82) is 0 Å². The van der Waals surface area contributed by atoms with Gasteiger partial charge in [0.15, 0.2) is 0 Å². The zero-order valence-electron chi connectivity index (χ0n) is 17.9. The maximum Gasteiger partial charge on any atom is 0.514 e. The molecule has 1 rings (SSSR count). The van der Waals surface area contributed by atoms with Crippen LogP contribution in [-0.4, -0.2) is 23.7 Å². The summed E-state index contributed by atoms with van der Waals surface area (Å²) in [6.07, 6.45) is 11.8. The SMILES string of the molecule is CCCCCCCCCCCCC(CCN=O)OC(=O)Oc1ccc([N+](=O)[O-])cc1. The van der Waals surface area contributed by atoms with E-state index in [0.717, 1.165) is 19.3 Å². The fraction of sp³-hybridized carbons (Fsp3) is 0.682. The molecule has 0 aliphatic rings. The van der Waals surface area contributed by atoms with Gasteiger partial charge in [0.1, 0.15) is 11.9 Å². The molecule has 30 heavy (non-hydrogen) atoms. The first-order chi connectivity index (χ1) is 14.6. The summed E-state index contributed by atoms with van der Waals surface area (Å²) in [7, 11) is 0. The number of ether oxygens (including phenoxy) is 2. The van der Waals surface area contributed by atoms with Crippen LogP contribution in [0.5, 0.6) is 5.75 Å². The summed E-state index contributed by atoms with van der Waals surface area (Å²) in [5.41, 5.74) is -0.0911. The summed E-state index contributed by atoms with van der Waals surface area (Å²) in [6, 6.07) is 5.17. The molecule has 0 spiro atoms. The number of non-ortho nitro benzene ring substituents is 1. The maximum absolute atomic E-state index is 12.0. The van der Waals surface area contributed by atoms with Gasteiger partial charge >= 0.3 is 6.16 Å². The zero-order chi connectivity index (χ0) is 22.0. The first-order valence-corrected chi connectivity index (χ1v) is 11.0. The maximum atomic E-state index is 12.0. The fourth-order valence-corrected chi connectivity index (χ4v) is 3.21. The lowest BCUT2D eigenvalue weighted by Crippen LogP contribution is -2.22. The van der Waals surface area contributed by atoms with Crippen molar-refractivity contribution in [3.8, 4) is 5.75 Å². The number of nitrogens with zero attached hydrogens (tertiary/aromatic N) is 2. The van der Waals surface area contributed by atoms with Crippen LogP contribution in [0, 0.1) is 15.0 Å². The molecule has 8 nitrogen and oxygen atoms in total. The molecule has 0 amide bonds. The van der Waals surface area contributed by atoms with Gasteiger partial charge in [0.25, 0.3) is 5.69 Å². The molecule has 0 saturated carbocycles. The van der Waals surface area contributed by atoms with Crippen LogP contribution in [0.4, 0.5) is 10.5 Å². The summed E-state index contributed by atoms with van der Waals surface area (Å²) >= 11 is 0. The number of unbranched alkanes of at least 4 members (excludes halogenated alkanes) is 9. The van der Waals surface area contributed by atoms with E-state index in [1.54, 1.807) is 0 Å². The van der Waals surface area contributed by atoms with Gasteiger partial charge in [-0.25, -0.2) is 4.79 Å². The molecular weight excluding hydrogens is 388 g/mol. The second kappa shape index (κ2) is 16.3. The van der Waals surface area contributed by atoms with Gasteiger partial charge in [0.2, 0.25) is 0 Å². The molecule has 0 N–H and O–H groups in total. The van der Waals surface area contributed by atoms with Gasteiger partial charge in [-0.15, -0.1) is 0 Å². The van der Waals surface area contributed by atoms with E-state index in [-0.39, 0.29) is 18.0 Å². The lowest BCUT2D eigenvalue weighted by molar-refractivity contribution is -0.384. The van der Waals surface area contributed by atoms with E-state index in [0.29, 0.717) is 12.8 Å². The average Bonchev–Trinajstić information content (AvgIpc) is 2.73. The van der Waals surface area contributed by atoms with Crippen LogP contribution in [-0.2, 0) is 4.74 Å². The van der Waals surface area contributed by atoms with Gasteiger partial charge in [-0.2, -0.15) is 4.91 Å². The number of carbonyl (C=O) groups excluding carboxylic acids is 1. The molecule has 0 fully saturated rings. The van der Waals surface area contributed by atoms with Gasteiger partial charge < -0.3 is 9.47 Å². The molecule has 1 aromatic carbocycles. The second-order valence-corrected chi connectivity index (χ2v) is 7.45. The molecule has 0 bridgehead atoms. The minimum Gasteiger partial charge on any atom is -0.431 e. The molecule has 0 heterocycles. The van der Waals surface area contributed by atoms with E-state index >= 15 is 0 Å². The molecule has 1 aromatic rings. The van der Waals surface area contributed by atoms with Crippen LogP contribution in [0.1, 0.15) is 84.0 Å². The molecule has 1 atom stereocenters. The highest BCUT2D eigenvalue weighted by Crippen LogP contribution is 2.19. The topological polar surface area (TPSA) is 108 Å². The third-order valence-corrected chi connectivity index (χ3v) is 4.93. The third kappa shape index (κ3) is 12.1. The minimum atomic E-state index is -0.883. The standard InChI is InChI=1S/C22H34N2O6/c1-2-3-4-5-6-7-8-9-10-11-12-20(17-18-23-26)29-22(25)30-21-15-13-19(14-16-21)24(27)28/h13-16,20H,2-12,17-18H2,1H3. The van der Waals surface area contributed by atoms with Crippen molar-refractivity contribution in [1.82, 2.24) is 0 Å². The molecule has 0 saturated heterocycles. The summed E-state index contributed by atoms with van der Waals surface area (Å²) in [5, 5.41) is 13.5. The number of nitro benzene ring substituents is 1. The molecule has 8 heteroatoms. The van der Waals surface area contributed by atoms with Crippen molar-refractivity contribution >= 4 is 11.8 Å². The Balaban J connectivity index is 2.27. The number of hydrogen-bond acceptors (Lipinski definition) is 7. The third-order valence-electron chi connectivity index (χ3n) is 4.93. The minimum absolute atomic E-state index is 0.0766. The molecule has 0 aromatic heterocycles. The lowest BCUT2D eigenvalue weighted by Gasteiger charge is -2.16. The van der Waals surface area contributed by atoms with E-state index in [9.17, 15) is 19.8 Å². The highest BCUT2D eigenvalue weighted by Gasteiger charge is 2.17. The summed E-state index contributed by atoms with van der Waals surface area (Å²) in [4.78, 5) is 32.6. The van der Waals surface area contributed by atoms with Crippen LogP contribution in [0.15, 0.2) is 29.4 Å². The van der Waals surface area contributed by atoms with Crippen molar-refractivity contribution in [3.05, 3.63) is 39.3 Å². The number of nitro groups is 1. The smallest absolute Gasteiger partial charge is 0.431 e. The molecule has 168 valence electrons. The van der Waals surface area contributed by atoms with Gasteiger partial charge in [-0.3, -0.25) is 10.1 Å². The lowest BCUT2D eigenvalue weighted by atomic mass is 10.0. The Hall–Kier alpha value is -2.51. The van der Waals surface area contributed by atoms with Crippen LogP contribution in [0.25, 0.3) is 0 Å². The van der Waals surface area contributed by atoms with E-state index in [2.05, 4.69) is 12.1 Å². The Kier molecular flexibility index (Phi) is 13.9. The Morgan fingerprint density at radius 2 is 1.53 bits per heavy atom. The molecule has 0 aliphatic carbocycles. The van der Waals surface area contributed by atoms with Crippen molar-refractivity contribution in [2.24, 2.45) is 5.18 Å². The largest absolute Gasteiger partial charge is 0.514 e. The summed E-state index contributed by atoms with van der Waals surface area (Å²) < 4.78 is 10.4.